The largest absolute Gasteiger partial charge is 0.469 e. The molecule has 2 aliphatic carbocycles. The van der Waals surface area contributed by atoms with Gasteiger partial charge in [0.1, 0.15) is 0 Å². The number of alkyl halides is 9. The SMILES string of the molecule is COC(=O)C1(C2CCN(Cc3cc(C(F)(F)F)ccc3C(F)(F)F)[C@@H](C3C=CC(C(F)(F)F)=CC3)C2)CC=CC1. The van der Waals surface area contributed by atoms with Gasteiger partial charge >= 0.3 is 24.5 Å². The number of hydrogen-bond donors (Lipinski definition) is 0. The van der Waals surface area contributed by atoms with Gasteiger partial charge in [-0.1, -0.05) is 30.4 Å². The number of carbonyl (C=O) groups excluding carboxylic acids is 1. The van der Waals surface area contributed by atoms with E-state index < -0.39 is 70.7 Å². The van der Waals surface area contributed by atoms with E-state index in [0.29, 0.717) is 37.5 Å². The number of piperidine rings is 1. The molecule has 0 amide bonds. The molecule has 1 aromatic rings. The molecule has 12 heteroatoms. The number of carbonyl (C=O) groups is 1. The molecular weight excluding hydrogens is 553 g/mol. The molecule has 0 spiro atoms. The fourth-order valence-corrected chi connectivity index (χ4v) is 6.26. The first-order valence-corrected chi connectivity index (χ1v) is 12.8. The molecule has 0 radical (unpaired) electrons. The van der Waals surface area contributed by atoms with E-state index in [-0.39, 0.29) is 25.3 Å². The van der Waals surface area contributed by atoms with Crippen LogP contribution >= 0.6 is 0 Å². The molecule has 1 heterocycles. The van der Waals surface area contributed by atoms with E-state index in [1.807, 2.05) is 12.2 Å². The molecule has 0 aromatic heterocycles. The van der Waals surface area contributed by atoms with E-state index in [9.17, 15) is 44.3 Å². The van der Waals surface area contributed by atoms with Crippen molar-refractivity contribution in [3.8, 4) is 0 Å². The zero-order valence-corrected chi connectivity index (χ0v) is 21.5. The van der Waals surface area contributed by atoms with Crippen molar-refractivity contribution in [1.29, 1.82) is 0 Å². The smallest absolute Gasteiger partial charge is 0.416 e. The molecule has 2 unspecified atom stereocenters. The van der Waals surface area contributed by atoms with Crippen LogP contribution in [0.25, 0.3) is 0 Å². The zero-order chi connectivity index (χ0) is 29.5. The highest BCUT2D eigenvalue weighted by Crippen LogP contribution is 2.49. The summed E-state index contributed by atoms with van der Waals surface area (Å²) in [5.74, 6) is -1.29. The van der Waals surface area contributed by atoms with E-state index in [1.165, 1.54) is 13.2 Å². The molecule has 0 bridgehead atoms. The predicted molar refractivity (Wildman–Crippen MR) is 128 cm³/mol. The van der Waals surface area contributed by atoms with Gasteiger partial charge in [-0.25, -0.2) is 0 Å². The van der Waals surface area contributed by atoms with Crippen molar-refractivity contribution in [3.05, 3.63) is 70.8 Å². The Morgan fingerprint density at radius 3 is 2.20 bits per heavy atom. The standard InChI is InChI=1S/C28H28F9NO2/c1-40-24(39)25(11-2-3-12-25)20-10-13-38(23(15-20)17-4-6-19(7-5-17)26(29,30)31)16-18-14-21(27(32,33)34)8-9-22(18)28(35,36)37/h2-4,6-9,14,17,20,23H,5,10-13,15-16H2,1H3/t17?,20?,23-/m1/s1. The van der Waals surface area contributed by atoms with Crippen LogP contribution in [-0.4, -0.2) is 36.7 Å². The molecule has 0 N–H and O–H groups in total. The number of benzene rings is 1. The summed E-state index contributed by atoms with van der Waals surface area (Å²) in [6, 6.07) is 0.659. The predicted octanol–water partition coefficient (Wildman–Crippen LogP) is 7.88. The van der Waals surface area contributed by atoms with Crippen molar-refractivity contribution in [2.24, 2.45) is 17.3 Å². The summed E-state index contributed by atoms with van der Waals surface area (Å²) < 4.78 is 126. The van der Waals surface area contributed by atoms with E-state index >= 15 is 0 Å². The third-order valence-electron chi connectivity index (χ3n) is 8.33. The van der Waals surface area contributed by atoms with Crippen LogP contribution in [0, 0.1) is 17.3 Å². The molecule has 220 valence electrons. The monoisotopic (exact) mass is 581 g/mol. The highest BCUT2D eigenvalue weighted by Gasteiger charge is 2.50. The van der Waals surface area contributed by atoms with Crippen molar-refractivity contribution in [1.82, 2.24) is 4.90 Å². The van der Waals surface area contributed by atoms with Crippen molar-refractivity contribution in [2.75, 3.05) is 13.7 Å². The minimum atomic E-state index is -4.91. The molecule has 1 aromatic carbocycles. The normalized spacial score (nSPS) is 25.6. The van der Waals surface area contributed by atoms with Crippen LogP contribution < -0.4 is 0 Å². The summed E-state index contributed by atoms with van der Waals surface area (Å²) >= 11 is 0. The number of likely N-dealkylation sites (tertiary alicyclic amines) is 1. The van der Waals surface area contributed by atoms with Crippen LogP contribution in [0.3, 0.4) is 0 Å². The number of hydrogen-bond acceptors (Lipinski definition) is 3. The first kappa shape index (κ1) is 30.2. The highest BCUT2D eigenvalue weighted by molar-refractivity contribution is 5.78. The highest BCUT2D eigenvalue weighted by atomic mass is 19.4. The Kier molecular flexibility index (Phi) is 8.23. The Labute approximate surface area is 225 Å². The van der Waals surface area contributed by atoms with Crippen LogP contribution in [0.2, 0.25) is 0 Å². The number of nitrogens with zero attached hydrogens (tertiary/aromatic N) is 1. The van der Waals surface area contributed by atoms with Crippen LogP contribution in [0.4, 0.5) is 39.5 Å². The minimum Gasteiger partial charge on any atom is -0.469 e. The lowest BCUT2D eigenvalue weighted by molar-refractivity contribution is -0.158. The molecule has 4 rings (SSSR count). The number of halogens is 9. The van der Waals surface area contributed by atoms with Gasteiger partial charge in [-0.05, 0) is 74.2 Å². The van der Waals surface area contributed by atoms with Crippen LogP contribution in [0.15, 0.2) is 54.2 Å². The van der Waals surface area contributed by atoms with Crippen LogP contribution in [-0.2, 0) is 28.4 Å². The summed E-state index contributed by atoms with van der Waals surface area (Å²) in [5, 5.41) is 0. The second kappa shape index (κ2) is 10.9. The van der Waals surface area contributed by atoms with E-state index in [4.69, 9.17) is 4.74 Å². The molecule has 1 saturated heterocycles. The Morgan fingerprint density at radius 1 is 1.00 bits per heavy atom. The second-order valence-corrected chi connectivity index (χ2v) is 10.6. The van der Waals surface area contributed by atoms with Gasteiger partial charge in [0.05, 0.1) is 29.2 Å². The van der Waals surface area contributed by atoms with Crippen LogP contribution in [0.5, 0.6) is 0 Å². The molecule has 0 saturated carbocycles. The quantitative estimate of drug-likeness (QED) is 0.201. The van der Waals surface area contributed by atoms with Gasteiger partial charge in [0.15, 0.2) is 0 Å². The van der Waals surface area contributed by atoms with Crippen molar-refractivity contribution >= 4 is 5.97 Å². The van der Waals surface area contributed by atoms with Crippen molar-refractivity contribution in [3.63, 3.8) is 0 Å². The molecule has 3 atom stereocenters. The number of ether oxygens (including phenoxy) is 1. The maximum absolute atomic E-state index is 13.8. The Balaban J connectivity index is 1.69. The first-order chi connectivity index (χ1) is 18.6. The third-order valence-corrected chi connectivity index (χ3v) is 8.33. The lowest BCUT2D eigenvalue weighted by Gasteiger charge is -2.47. The lowest BCUT2D eigenvalue weighted by atomic mass is 9.66. The van der Waals surface area contributed by atoms with E-state index in [0.717, 1.165) is 12.2 Å². The van der Waals surface area contributed by atoms with Crippen molar-refractivity contribution < 1.29 is 49.0 Å². The molecule has 3 aliphatic rings. The van der Waals surface area contributed by atoms with Gasteiger partial charge in [-0.2, -0.15) is 39.5 Å². The zero-order valence-electron chi connectivity index (χ0n) is 21.5. The Morgan fingerprint density at radius 2 is 1.68 bits per heavy atom. The minimum absolute atomic E-state index is 0.0581. The summed E-state index contributed by atoms with van der Waals surface area (Å²) in [4.78, 5) is 14.5. The maximum Gasteiger partial charge on any atom is 0.416 e. The lowest BCUT2D eigenvalue weighted by Crippen LogP contribution is -2.51. The summed E-state index contributed by atoms with van der Waals surface area (Å²) in [5.41, 5.74) is -4.74. The molecule has 40 heavy (non-hydrogen) atoms. The number of allylic oxidation sites excluding steroid dienone is 5. The Hall–Kier alpha value is -2.76. The van der Waals surface area contributed by atoms with Gasteiger partial charge in [0.25, 0.3) is 0 Å². The molecule has 3 nitrogen and oxygen atoms in total. The summed E-state index contributed by atoms with van der Waals surface area (Å²) in [6.07, 6.45) is -6.02. The van der Waals surface area contributed by atoms with Gasteiger partial charge in [0, 0.05) is 12.6 Å². The summed E-state index contributed by atoms with van der Waals surface area (Å²) in [6.45, 7) is -0.346. The van der Waals surface area contributed by atoms with Gasteiger partial charge < -0.3 is 4.74 Å². The number of rotatable bonds is 5. The fourth-order valence-electron chi connectivity index (χ4n) is 6.26. The van der Waals surface area contributed by atoms with E-state index in [2.05, 4.69) is 0 Å². The van der Waals surface area contributed by atoms with Gasteiger partial charge in [-0.3, -0.25) is 9.69 Å². The average Bonchev–Trinajstić information content (AvgIpc) is 3.38. The second-order valence-electron chi connectivity index (χ2n) is 10.6. The number of esters is 1. The van der Waals surface area contributed by atoms with Gasteiger partial charge in [-0.15, -0.1) is 0 Å². The third kappa shape index (κ3) is 6.11. The Bertz CT molecular complexity index is 1190. The molecular formula is C28H28F9NO2. The fraction of sp³-hybridized carbons (Fsp3) is 0.536. The average molecular weight is 582 g/mol. The summed E-state index contributed by atoms with van der Waals surface area (Å²) in [7, 11) is 1.26. The topological polar surface area (TPSA) is 29.5 Å². The van der Waals surface area contributed by atoms with Crippen molar-refractivity contribution in [2.45, 2.75) is 63.2 Å². The van der Waals surface area contributed by atoms with E-state index in [1.54, 1.807) is 4.90 Å². The van der Waals surface area contributed by atoms with Gasteiger partial charge in [0.2, 0.25) is 0 Å². The number of methoxy groups -OCH3 is 1. The first-order valence-electron chi connectivity index (χ1n) is 12.8. The maximum atomic E-state index is 13.8. The molecule has 1 fully saturated rings. The van der Waals surface area contributed by atoms with Crippen LogP contribution in [0.1, 0.15) is 48.8 Å². The molecule has 1 aliphatic heterocycles.